The Bertz CT molecular complexity index is 1110. The van der Waals surface area contributed by atoms with Gasteiger partial charge in [0.25, 0.3) is 0 Å². The first kappa shape index (κ1) is 20.5. The Kier molecular flexibility index (Phi) is 5.77. The van der Waals surface area contributed by atoms with Crippen LogP contribution in [0.1, 0.15) is 25.7 Å². The van der Waals surface area contributed by atoms with Crippen LogP contribution in [0.15, 0.2) is 42.7 Å². The molecule has 0 spiro atoms. The molecule has 32 heavy (non-hydrogen) atoms. The molecule has 0 bridgehead atoms. The molecule has 2 saturated heterocycles. The van der Waals surface area contributed by atoms with Crippen molar-refractivity contribution in [3.63, 3.8) is 0 Å². The zero-order chi connectivity index (χ0) is 21.9. The molecule has 3 heterocycles. The van der Waals surface area contributed by atoms with E-state index in [0.29, 0.717) is 17.3 Å². The summed E-state index contributed by atoms with van der Waals surface area (Å²) in [5, 5.41) is 10.5. The van der Waals surface area contributed by atoms with Crippen molar-refractivity contribution < 1.29 is 9.53 Å². The molecule has 8 nitrogen and oxygen atoms in total. The summed E-state index contributed by atoms with van der Waals surface area (Å²) in [6.45, 7) is 3.11. The van der Waals surface area contributed by atoms with Crippen LogP contribution in [0.4, 0.5) is 22.9 Å². The van der Waals surface area contributed by atoms with Gasteiger partial charge in [0, 0.05) is 35.9 Å². The third-order valence-electron chi connectivity index (χ3n) is 6.19. The lowest BCUT2D eigenvalue weighted by molar-refractivity contribution is -0.117. The number of amides is 1. The summed E-state index contributed by atoms with van der Waals surface area (Å²) in [6, 6.07) is 12.0. The minimum atomic E-state index is -0.172. The quantitative estimate of drug-likeness (QED) is 0.547. The first-order valence-corrected chi connectivity index (χ1v) is 11.2. The molecular weight excluding hydrogens is 404 g/mol. The topological polar surface area (TPSA) is 91.4 Å². The molecule has 1 aromatic heterocycles. The molecule has 0 aliphatic carbocycles. The molecule has 2 aliphatic heterocycles. The second kappa shape index (κ2) is 9.00. The lowest BCUT2D eigenvalue weighted by Gasteiger charge is -2.18. The van der Waals surface area contributed by atoms with E-state index in [2.05, 4.69) is 55.1 Å². The van der Waals surface area contributed by atoms with E-state index < -0.39 is 0 Å². The second-order valence-electron chi connectivity index (χ2n) is 8.30. The second-order valence-corrected chi connectivity index (χ2v) is 8.30. The Hall–Kier alpha value is -3.39. The molecule has 5 rings (SSSR count). The van der Waals surface area contributed by atoms with E-state index in [1.165, 1.54) is 24.9 Å². The lowest BCUT2D eigenvalue weighted by atomic mass is 10.1. The summed E-state index contributed by atoms with van der Waals surface area (Å²) in [7, 11) is 1.59. The van der Waals surface area contributed by atoms with Gasteiger partial charge in [-0.1, -0.05) is 0 Å². The summed E-state index contributed by atoms with van der Waals surface area (Å²) in [4.78, 5) is 23.9. The number of aromatic nitrogens is 2. The number of hydrogen-bond donors (Lipinski definition) is 3. The van der Waals surface area contributed by atoms with E-state index in [9.17, 15) is 4.79 Å². The minimum absolute atomic E-state index is 0.0518. The van der Waals surface area contributed by atoms with Gasteiger partial charge in [-0.3, -0.25) is 4.79 Å². The number of nitrogens with zero attached hydrogens (tertiary/aromatic N) is 3. The largest absolute Gasteiger partial charge is 0.494 e. The van der Waals surface area contributed by atoms with Crippen molar-refractivity contribution >= 4 is 39.7 Å². The highest BCUT2D eigenvalue weighted by atomic mass is 16.5. The Morgan fingerprint density at radius 2 is 1.94 bits per heavy atom. The molecule has 8 heteroatoms. The molecule has 1 unspecified atom stereocenters. The Morgan fingerprint density at radius 1 is 1.12 bits per heavy atom. The van der Waals surface area contributed by atoms with Gasteiger partial charge in [-0.25, -0.2) is 9.97 Å². The number of carbonyl (C=O) groups is 1. The Balaban J connectivity index is 1.42. The summed E-state index contributed by atoms with van der Waals surface area (Å²) in [5.41, 5.74) is 3.55. The monoisotopic (exact) mass is 432 g/mol. The van der Waals surface area contributed by atoms with Crippen LogP contribution >= 0.6 is 0 Å². The Morgan fingerprint density at radius 3 is 2.66 bits per heavy atom. The van der Waals surface area contributed by atoms with Crippen LogP contribution in [-0.2, 0) is 4.79 Å². The van der Waals surface area contributed by atoms with Crippen LogP contribution in [0.5, 0.6) is 5.75 Å². The number of anilines is 4. The van der Waals surface area contributed by atoms with E-state index in [1.54, 1.807) is 7.11 Å². The normalized spacial score (nSPS) is 18.2. The van der Waals surface area contributed by atoms with Crippen LogP contribution < -0.4 is 25.6 Å². The number of methoxy groups -OCH3 is 1. The maximum Gasteiger partial charge on any atom is 0.241 e. The van der Waals surface area contributed by atoms with E-state index >= 15 is 0 Å². The van der Waals surface area contributed by atoms with Gasteiger partial charge in [0.15, 0.2) is 0 Å². The van der Waals surface area contributed by atoms with Crippen LogP contribution in [0.3, 0.4) is 0 Å². The summed E-state index contributed by atoms with van der Waals surface area (Å²) in [6.07, 6.45) is 5.89. The third-order valence-corrected chi connectivity index (χ3v) is 6.19. The van der Waals surface area contributed by atoms with Gasteiger partial charge in [-0.05, 0) is 62.6 Å². The van der Waals surface area contributed by atoms with Crippen LogP contribution in [0.2, 0.25) is 0 Å². The van der Waals surface area contributed by atoms with E-state index in [0.717, 1.165) is 49.1 Å². The van der Waals surface area contributed by atoms with Crippen molar-refractivity contribution in [3.8, 4) is 5.75 Å². The van der Waals surface area contributed by atoms with Gasteiger partial charge in [0.1, 0.15) is 17.9 Å². The average molecular weight is 433 g/mol. The zero-order valence-corrected chi connectivity index (χ0v) is 18.2. The SMILES string of the molecule is COc1cc2ncnc(Nc3ccc(N4CCCC4)cc3)c2cc1NC(=O)C1CCCN1. The molecule has 3 N–H and O–H groups in total. The van der Waals surface area contributed by atoms with Crippen molar-refractivity contribution in [2.75, 3.05) is 42.3 Å². The predicted molar refractivity (Wildman–Crippen MR) is 127 cm³/mol. The maximum atomic E-state index is 12.7. The van der Waals surface area contributed by atoms with Crippen LogP contribution in [0.25, 0.3) is 10.9 Å². The number of nitrogens with one attached hydrogen (secondary N) is 3. The Labute approximate surface area is 187 Å². The van der Waals surface area contributed by atoms with Crippen molar-refractivity contribution in [2.24, 2.45) is 0 Å². The highest BCUT2D eigenvalue weighted by Crippen LogP contribution is 2.33. The summed E-state index contributed by atoms with van der Waals surface area (Å²) >= 11 is 0. The first-order valence-electron chi connectivity index (χ1n) is 11.2. The average Bonchev–Trinajstić information content (AvgIpc) is 3.54. The molecule has 0 radical (unpaired) electrons. The highest BCUT2D eigenvalue weighted by Gasteiger charge is 2.23. The van der Waals surface area contributed by atoms with Gasteiger partial charge in [0.2, 0.25) is 5.91 Å². The number of fused-ring (bicyclic) bond motifs is 1. The highest BCUT2D eigenvalue weighted by molar-refractivity contribution is 6.01. The molecular formula is C24H28N6O2. The summed E-state index contributed by atoms with van der Waals surface area (Å²) in [5.74, 6) is 1.20. The van der Waals surface area contributed by atoms with Gasteiger partial charge in [-0.15, -0.1) is 0 Å². The van der Waals surface area contributed by atoms with Gasteiger partial charge < -0.3 is 25.6 Å². The van der Waals surface area contributed by atoms with Crippen molar-refractivity contribution in [3.05, 3.63) is 42.7 Å². The third kappa shape index (κ3) is 4.18. The van der Waals surface area contributed by atoms with Crippen LogP contribution in [0, 0.1) is 0 Å². The van der Waals surface area contributed by atoms with Crippen molar-refractivity contribution in [2.45, 2.75) is 31.7 Å². The molecule has 2 fully saturated rings. The fourth-order valence-corrected chi connectivity index (χ4v) is 4.45. The van der Waals surface area contributed by atoms with Gasteiger partial charge in [0.05, 0.1) is 24.4 Å². The van der Waals surface area contributed by atoms with Crippen LogP contribution in [-0.4, -0.2) is 48.7 Å². The molecule has 166 valence electrons. The lowest BCUT2D eigenvalue weighted by Crippen LogP contribution is -2.35. The molecule has 1 amide bonds. The number of rotatable bonds is 6. The standard InChI is InChI=1S/C24H28N6O2/c1-32-22-14-20-18(13-21(22)29-24(31)19-5-4-10-25-19)23(27-15-26-20)28-16-6-8-17(9-7-16)30-11-2-3-12-30/h6-9,13-15,19,25H,2-5,10-12H2,1H3,(H,29,31)(H,26,27,28). The smallest absolute Gasteiger partial charge is 0.241 e. The van der Waals surface area contributed by atoms with Gasteiger partial charge >= 0.3 is 0 Å². The van der Waals surface area contributed by atoms with Crippen molar-refractivity contribution in [1.82, 2.24) is 15.3 Å². The molecule has 3 aromatic rings. The minimum Gasteiger partial charge on any atom is -0.494 e. The summed E-state index contributed by atoms with van der Waals surface area (Å²) < 4.78 is 5.52. The van der Waals surface area contributed by atoms with Crippen molar-refractivity contribution in [1.29, 1.82) is 0 Å². The van der Waals surface area contributed by atoms with E-state index in [-0.39, 0.29) is 11.9 Å². The number of ether oxygens (including phenoxy) is 1. The molecule has 2 aliphatic rings. The predicted octanol–water partition coefficient (Wildman–Crippen LogP) is 3.67. The number of hydrogen-bond acceptors (Lipinski definition) is 7. The fourth-order valence-electron chi connectivity index (χ4n) is 4.45. The molecule has 1 atom stereocenters. The fraction of sp³-hybridized carbons (Fsp3) is 0.375. The maximum absolute atomic E-state index is 12.7. The zero-order valence-electron chi connectivity index (χ0n) is 18.2. The van der Waals surface area contributed by atoms with E-state index in [1.807, 2.05) is 12.1 Å². The van der Waals surface area contributed by atoms with Gasteiger partial charge in [-0.2, -0.15) is 0 Å². The number of benzene rings is 2. The molecule has 2 aromatic carbocycles. The number of carbonyl (C=O) groups excluding carboxylic acids is 1. The van der Waals surface area contributed by atoms with E-state index in [4.69, 9.17) is 4.74 Å². The first-order chi connectivity index (χ1) is 15.7. The molecule has 0 saturated carbocycles.